The van der Waals surface area contributed by atoms with Crippen LogP contribution in [0.2, 0.25) is 0 Å². The molecule has 0 aliphatic carbocycles. The molecule has 0 radical (unpaired) electrons. The molecule has 0 bridgehead atoms. The van der Waals surface area contributed by atoms with Crippen LogP contribution in [0.4, 0.5) is 5.69 Å². The van der Waals surface area contributed by atoms with Crippen molar-refractivity contribution >= 4 is 5.69 Å². The number of hydrogen-bond acceptors (Lipinski definition) is 4. The molecule has 1 aliphatic heterocycles. The van der Waals surface area contributed by atoms with Crippen LogP contribution in [0.1, 0.15) is 30.4 Å². The Morgan fingerprint density at radius 1 is 1.00 bits per heavy atom. The molecule has 2 aromatic rings. The summed E-state index contributed by atoms with van der Waals surface area (Å²) in [5.74, 6) is 0. The maximum atomic E-state index is 5.93. The second-order valence-electron chi connectivity index (χ2n) is 7.92. The largest absolute Gasteiger partial charge is 0.377 e. The second kappa shape index (κ2) is 10.1. The molecular weight excluding hydrogens is 346 g/mol. The quantitative estimate of drug-likeness (QED) is 0.668. The molecule has 0 aromatic heterocycles. The average molecular weight is 382 g/mol. The Balaban J connectivity index is 1.67. The van der Waals surface area contributed by atoms with Gasteiger partial charge in [-0.2, -0.15) is 0 Å². The van der Waals surface area contributed by atoms with E-state index in [2.05, 4.69) is 83.8 Å². The SMILES string of the molecule is CNCCCOCc1ccccc1N1CCC(c2ccccc2)(N(C)C)CC1. The predicted molar refractivity (Wildman–Crippen MR) is 118 cm³/mol. The zero-order chi connectivity index (χ0) is 19.8. The van der Waals surface area contributed by atoms with E-state index in [1.165, 1.54) is 16.8 Å². The molecular formula is C24H35N3O. The van der Waals surface area contributed by atoms with Gasteiger partial charge in [-0.15, -0.1) is 0 Å². The van der Waals surface area contributed by atoms with Crippen molar-refractivity contribution in [2.45, 2.75) is 31.4 Å². The van der Waals surface area contributed by atoms with Gasteiger partial charge in [0.05, 0.1) is 6.61 Å². The maximum absolute atomic E-state index is 5.93. The van der Waals surface area contributed by atoms with Gasteiger partial charge in [-0.1, -0.05) is 48.5 Å². The Morgan fingerprint density at radius 3 is 2.36 bits per heavy atom. The van der Waals surface area contributed by atoms with Crippen molar-refractivity contribution in [1.82, 2.24) is 10.2 Å². The van der Waals surface area contributed by atoms with E-state index < -0.39 is 0 Å². The van der Waals surface area contributed by atoms with Crippen LogP contribution in [0.15, 0.2) is 54.6 Å². The number of hydrogen-bond donors (Lipinski definition) is 1. The molecule has 2 aromatic carbocycles. The lowest BCUT2D eigenvalue weighted by Gasteiger charge is -2.47. The summed E-state index contributed by atoms with van der Waals surface area (Å²) in [7, 11) is 6.42. The number of para-hydroxylation sites is 1. The minimum absolute atomic E-state index is 0.121. The Labute approximate surface area is 170 Å². The molecule has 0 atom stereocenters. The minimum Gasteiger partial charge on any atom is -0.377 e. The second-order valence-corrected chi connectivity index (χ2v) is 7.92. The molecule has 152 valence electrons. The number of benzene rings is 2. The number of rotatable bonds is 9. The van der Waals surface area contributed by atoms with Gasteiger partial charge in [0.15, 0.2) is 0 Å². The van der Waals surface area contributed by atoms with Gasteiger partial charge in [-0.05, 0) is 58.6 Å². The molecule has 1 fully saturated rings. The smallest absolute Gasteiger partial charge is 0.0737 e. The highest BCUT2D eigenvalue weighted by Gasteiger charge is 2.38. The lowest BCUT2D eigenvalue weighted by atomic mass is 9.79. The van der Waals surface area contributed by atoms with E-state index in [9.17, 15) is 0 Å². The molecule has 0 saturated carbocycles. The van der Waals surface area contributed by atoms with Gasteiger partial charge < -0.3 is 15.0 Å². The van der Waals surface area contributed by atoms with Crippen LogP contribution in [0.25, 0.3) is 0 Å². The third-order valence-corrected chi connectivity index (χ3v) is 6.06. The van der Waals surface area contributed by atoms with Gasteiger partial charge in [0.1, 0.15) is 0 Å². The third-order valence-electron chi connectivity index (χ3n) is 6.06. The summed E-state index contributed by atoms with van der Waals surface area (Å²) in [5.41, 5.74) is 4.18. The van der Waals surface area contributed by atoms with Crippen molar-refractivity contribution in [2.75, 3.05) is 52.3 Å². The van der Waals surface area contributed by atoms with Crippen LogP contribution < -0.4 is 10.2 Å². The van der Waals surface area contributed by atoms with E-state index in [1.807, 2.05) is 7.05 Å². The average Bonchev–Trinajstić information content (AvgIpc) is 2.74. The Hall–Kier alpha value is -1.88. The van der Waals surface area contributed by atoms with E-state index >= 15 is 0 Å². The summed E-state index contributed by atoms with van der Waals surface area (Å²) in [6.07, 6.45) is 3.30. The van der Waals surface area contributed by atoms with Crippen LogP contribution in [-0.4, -0.2) is 52.3 Å². The molecule has 3 rings (SSSR count). The zero-order valence-electron chi connectivity index (χ0n) is 17.7. The first-order valence-electron chi connectivity index (χ1n) is 10.5. The zero-order valence-corrected chi connectivity index (χ0v) is 17.7. The normalized spacial score (nSPS) is 16.5. The summed E-state index contributed by atoms with van der Waals surface area (Å²) in [6.45, 7) is 4.61. The van der Waals surface area contributed by atoms with E-state index in [-0.39, 0.29) is 5.54 Å². The summed E-state index contributed by atoms with van der Waals surface area (Å²) in [6, 6.07) is 19.7. The fraction of sp³-hybridized carbons (Fsp3) is 0.500. The molecule has 1 heterocycles. The van der Waals surface area contributed by atoms with Crippen LogP contribution >= 0.6 is 0 Å². The summed E-state index contributed by atoms with van der Waals surface area (Å²) >= 11 is 0. The molecule has 4 nitrogen and oxygen atoms in total. The van der Waals surface area contributed by atoms with Crippen molar-refractivity contribution in [3.05, 3.63) is 65.7 Å². The maximum Gasteiger partial charge on any atom is 0.0737 e. The van der Waals surface area contributed by atoms with E-state index in [4.69, 9.17) is 4.74 Å². The van der Waals surface area contributed by atoms with Gasteiger partial charge in [0.25, 0.3) is 0 Å². The molecule has 0 unspecified atom stereocenters. The molecule has 1 saturated heterocycles. The minimum atomic E-state index is 0.121. The molecule has 0 spiro atoms. The monoisotopic (exact) mass is 381 g/mol. The van der Waals surface area contributed by atoms with Crippen LogP contribution in [0.3, 0.4) is 0 Å². The highest BCUT2D eigenvalue weighted by molar-refractivity contribution is 5.54. The Bertz CT molecular complexity index is 709. The summed E-state index contributed by atoms with van der Waals surface area (Å²) in [4.78, 5) is 4.95. The number of nitrogens with one attached hydrogen (secondary N) is 1. The van der Waals surface area contributed by atoms with Gasteiger partial charge in [-0.3, -0.25) is 4.90 Å². The predicted octanol–water partition coefficient (Wildman–Crippen LogP) is 3.87. The molecule has 4 heteroatoms. The first-order chi connectivity index (χ1) is 13.7. The number of nitrogens with zero attached hydrogens (tertiary/aromatic N) is 2. The number of piperidine rings is 1. The van der Waals surface area contributed by atoms with E-state index in [0.29, 0.717) is 6.61 Å². The van der Waals surface area contributed by atoms with Crippen molar-refractivity contribution in [2.24, 2.45) is 0 Å². The van der Waals surface area contributed by atoms with E-state index in [0.717, 1.165) is 45.5 Å². The van der Waals surface area contributed by atoms with Gasteiger partial charge in [-0.25, -0.2) is 0 Å². The topological polar surface area (TPSA) is 27.7 Å². The van der Waals surface area contributed by atoms with Crippen molar-refractivity contribution in [3.63, 3.8) is 0 Å². The van der Waals surface area contributed by atoms with Crippen molar-refractivity contribution in [1.29, 1.82) is 0 Å². The number of ether oxygens (including phenoxy) is 1. The van der Waals surface area contributed by atoms with Crippen LogP contribution in [-0.2, 0) is 16.9 Å². The lowest BCUT2D eigenvalue weighted by molar-refractivity contribution is 0.113. The van der Waals surface area contributed by atoms with Gasteiger partial charge >= 0.3 is 0 Å². The van der Waals surface area contributed by atoms with E-state index in [1.54, 1.807) is 0 Å². The first kappa shape index (κ1) is 20.8. The molecule has 28 heavy (non-hydrogen) atoms. The fourth-order valence-corrected chi connectivity index (χ4v) is 4.33. The fourth-order valence-electron chi connectivity index (χ4n) is 4.33. The standard InChI is InChI=1S/C24H35N3O/c1-25-16-9-19-28-20-21-10-7-8-13-23(21)27-17-14-24(15-18-27,26(2)3)22-11-5-4-6-12-22/h4-8,10-13,25H,9,14-20H2,1-3H3. The third kappa shape index (κ3) is 4.75. The molecule has 0 amide bonds. The summed E-state index contributed by atoms with van der Waals surface area (Å²) in [5, 5.41) is 3.17. The Kier molecular flexibility index (Phi) is 7.49. The van der Waals surface area contributed by atoms with Crippen LogP contribution in [0, 0.1) is 0 Å². The van der Waals surface area contributed by atoms with Crippen molar-refractivity contribution < 1.29 is 4.74 Å². The summed E-state index contributed by atoms with van der Waals surface area (Å²) < 4.78 is 5.93. The number of anilines is 1. The van der Waals surface area contributed by atoms with Crippen molar-refractivity contribution in [3.8, 4) is 0 Å². The lowest BCUT2D eigenvalue weighted by Crippen LogP contribution is -2.50. The van der Waals surface area contributed by atoms with Gasteiger partial charge in [0.2, 0.25) is 0 Å². The Morgan fingerprint density at radius 2 is 1.68 bits per heavy atom. The van der Waals surface area contributed by atoms with Gasteiger partial charge in [0, 0.05) is 36.5 Å². The molecule has 1 N–H and O–H groups in total. The highest BCUT2D eigenvalue weighted by Crippen LogP contribution is 2.39. The highest BCUT2D eigenvalue weighted by atomic mass is 16.5. The molecule has 1 aliphatic rings. The first-order valence-corrected chi connectivity index (χ1v) is 10.5. The van der Waals surface area contributed by atoms with Crippen LogP contribution in [0.5, 0.6) is 0 Å².